The van der Waals surface area contributed by atoms with Crippen molar-refractivity contribution in [2.45, 2.75) is 64.6 Å². The molecule has 0 spiro atoms. The van der Waals surface area contributed by atoms with Crippen molar-refractivity contribution in [2.75, 3.05) is 0 Å². The van der Waals surface area contributed by atoms with E-state index in [0.29, 0.717) is 11.7 Å². The number of carbonyl (C=O) groups is 1. The van der Waals surface area contributed by atoms with Gasteiger partial charge in [0.05, 0.1) is 13.5 Å². The fraction of sp³-hybridized carbons (Fsp3) is 0.571. The smallest absolute Gasteiger partial charge is 0.143 e. The van der Waals surface area contributed by atoms with E-state index in [1.807, 2.05) is 0 Å². The molecule has 124 valence electrons. The summed E-state index contributed by atoms with van der Waals surface area (Å²) in [4.78, 5) is 13.3. The first-order chi connectivity index (χ1) is 10.9. The first-order valence-electron chi connectivity index (χ1n) is 9.21. The highest BCUT2D eigenvalue weighted by Gasteiger charge is 2.51. The lowest BCUT2D eigenvalue weighted by molar-refractivity contribution is -0.128. The normalized spacial score (nSPS) is 30.3. The van der Waals surface area contributed by atoms with Gasteiger partial charge in [0.15, 0.2) is 0 Å². The van der Waals surface area contributed by atoms with E-state index in [9.17, 15) is 4.79 Å². The van der Waals surface area contributed by atoms with E-state index in [0.717, 1.165) is 25.7 Å². The van der Waals surface area contributed by atoms with Crippen molar-refractivity contribution in [2.24, 2.45) is 11.3 Å². The second kappa shape index (κ2) is 6.39. The number of hydrogen-bond acceptors (Lipinski definition) is 1. The van der Waals surface area contributed by atoms with E-state index < -0.39 is 8.07 Å². The van der Waals surface area contributed by atoms with Gasteiger partial charge in [0.1, 0.15) is 5.78 Å². The van der Waals surface area contributed by atoms with Crippen molar-refractivity contribution in [1.29, 1.82) is 0 Å². The Morgan fingerprint density at radius 3 is 2.52 bits per heavy atom. The molecule has 0 aromatic heterocycles. The Bertz CT molecular complexity index is 596. The lowest BCUT2D eigenvalue weighted by Crippen LogP contribution is -2.38. The van der Waals surface area contributed by atoms with E-state index in [-0.39, 0.29) is 5.41 Å². The molecule has 0 bridgehead atoms. The van der Waals surface area contributed by atoms with Crippen LogP contribution in [0, 0.1) is 11.3 Å². The summed E-state index contributed by atoms with van der Waals surface area (Å²) in [7, 11) is -1.32. The third-order valence-electron chi connectivity index (χ3n) is 5.67. The largest absolute Gasteiger partial charge is 0.299 e. The Morgan fingerprint density at radius 1 is 1.09 bits per heavy atom. The van der Waals surface area contributed by atoms with Gasteiger partial charge < -0.3 is 0 Å². The van der Waals surface area contributed by atoms with E-state index in [4.69, 9.17) is 0 Å². The number of hydrogen-bond donors (Lipinski definition) is 0. The highest BCUT2D eigenvalue weighted by atomic mass is 28.3. The predicted molar refractivity (Wildman–Crippen MR) is 100 cm³/mol. The van der Waals surface area contributed by atoms with E-state index in [1.165, 1.54) is 30.4 Å². The van der Waals surface area contributed by atoms with Gasteiger partial charge in [0, 0.05) is 6.42 Å². The van der Waals surface area contributed by atoms with E-state index >= 15 is 0 Å². The molecule has 2 atom stereocenters. The molecule has 2 aliphatic rings. The van der Waals surface area contributed by atoms with Gasteiger partial charge in [-0.2, -0.15) is 0 Å². The summed E-state index contributed by atoms with van der Waals surface area (Å²) in [5, 5.41) is 0. The van der Waals surface area contributed by atoms with Crippen molar-refractivity contribution in [1.82, 2.24) is 0 Å². The highest BCUT2D eigenvalue weighted by molar-refractivity contribution is 6.81. The number of carbonyl (C=O) groups excluding carboxylic acids is 1. The average Bonchev–Trinajstić information content (AvgIpc) is 2.73. The molecule has 0 radical (unpaired) electrons. The molecule has 2 heteroatoms. The van der Waals surface area contributed by atoms with Crippen LogP contribution in [0.1, 0.15) is 44.1 Å². The Hall–Kier alpha value is -1.15. The average molecular weight is 327 g/mol. The van der Waals surface area contributed by atoms with Crippen LogP contribution in [0.4, 0.5) is 0 Å². The van der Waals surface area contributed by atoms with Gasteiger partial charge >= 0.3 is 0 Å². The molecule has 0 N–H and O–H groups in total. The quantitative estimate of drug-likeness (QED) is 0.663. The minimum atomic E-state index is -1.32. The maximum atomic E-state index is 13.3. The van der Waals surface area contributed by atoms with Crippen molar-refractivity contribution < 1.29 is 4.79 Å². The minimum Gasteiger partial charge on any atom is -0.299 e. The summed E-state index contributed by atoms with van der Waals surface area (Å²) in [5.41, 5.74) is 5.20. The number of rotatable bonds is 3. The molecule has 1 aromatic rings. The van der Waals surface area contributed by atoms with Crippen LogP contribution in [-0.4, -0.2) is 13.9 Å². The standard InChI is InChI=1S/C21H30OSi/c1-23(2,3)16-19-14-13-18-11-7-8-12-20(22)21(18,19)15-17-9-5-4-6-10-17/h4-6,9-10,16,18H,7-8,11-15H2,1-3H3/b19-16+/t18-,21-/m1/s1. The van der Waals surface area contributed by atoms with Crippen LogP contribution in [0.5, 0.6) is 0 Å². The van der Waals surface area contributed by atoms with Gasteiger partial charge in [-0.15, -0.1) is 0 Å². The minimum absolute atomic E-state index is 0.182. The van der Waals surface area contributed by atoms with Gasteiger partial charge in [0.25, 0.3) is 0 Å². The van der Waals surface area contributed by atoms with E-state index in [1.54, 1.807) is 0 Å². The Labute approximate surface area is 142 Å². The van der Waals surface area contributed by atoms with Gasteiger partial charge in [-0.05, 0) is 43.6 Å². The maximum Gasteiger partial charge on any atom is 0.143 e. The summed E-state index contributed by atoms with van der Waals surface area (Å²) in [6, 6.07) is 10.7. The second-order valence-electron chi connectivity index (χ2n) is 8.57. The van der Waals surface area contributed by atoms with Crippen LogP contribution >= 0.6 is 0 Å². The third-order valence-corrected chi connectivity index (χ3v) is 6.88. The van der Waals surface area contributed by atoms with Crippen LogP contribution in [0.2, 0.25) is 19.6 Å². The number of benzene rings is 1. The summed E-state index contributed by atoms with van der Waals surface area (Å²) in [6.45, 7) is 7.18. The van der Waals surface area contributed by atoms with Gasteiger partial charge in [0.2, 0.25) is 0 Å². The van der Waals surface area contributed by atoms with Gasteiger partial charge in [-0.1, -0.05) is 67.7 Å². The maximum absolute atomic E-state index is 13.3. The molecule has 0 saturated heterocycles. The molecule has 23 heavy (non-hydrogen) atoms. The molecule has 0 unspecified atom stereocenters. The van der Waals surface area contributed by atoms with Crippen LogP contribution in [0.15, 0.2) is 41.6 Å². The molecule has 2 aliphatic carbocycles. The Morgan fingerprint density at radius 2 is 1.83 bits per heavy atom. The van der Waals surface area contributed by atoms with Crippen LogP contribution < -0.4 is 0 Å². The van der Waals surface area contributed by atoms with Crippen molar-refractivity contribution in [3.05, 3.63) is 47.2 Å². The fourth-order valence-corrected chi connectivity index (χ4v) is 6.20. The van der Waals surface area contributed by atoms with Gasteiger partial charge in [-0.3, -0.25) is 4.79 Å². The first-order valence-corrected chi connectivity index (χ1v) is 12.8. The van der Waals surface area contributed by atoms with Crippen LogP contribution in [-0.2, 0) is 11.2 Å². The lowest BCUT2D eigenvalue weighted by atomic mass is 9.67. The van der Waals surface area contributed by atoms with Crippen LogP contribution in [0.3, 0.4) is 0 Å². The summed E-state index contributed by atoms with van der Waals surface area (Å²) in [5.74, 6) is 1.10. The molecule has 3 rings (SSSR count). The second-order valence-corrected chi connectivity index (χ2v) is 13.6. The summed E-state index contributed by atoms with van der Waals surface area (Å²) in [6.07, 6.45) is 7.63. The monoisotopic (exact) mass is 326 g/mol. The summed E-state index contributed by atoms with van der Waals surface area (Å²) >= 11 is 0. The van der Waals surface area contributed by atoms with Crippen molar-refractivity contribution in [3.63, 3.8) is 0 Å². The van der Waals surface area contributed by atoms with Crippen molar-refractivity contribution >= 4 is 13.9 Å². The van der Waals surface area contributed by atoms with Gasteiger partial charge in [-0.25, -0.2) is 0 Å². The molecular formula is C21H30OSi. The van der Waals surface area contributed by atoms with E-state index in [2.05, 4.69) is 55.7 Å². The zero-order valence-corrected chi connectivity index (χ0v) is 15.9. The molecule has 0 amide bonds. The molecule has 2 saturated carbocycles. The van der Waals surface area contributed by atoms with Crippen LogP contribution in [0.25, 0.3) is 0 Å². The zero-order valence-electron chi connectivity index (χ0n) is 14.9. The zero-order chi connectivity index (χ0) is 16.5. The molecule has 0 aliphatic heterocycles. The third kappa shape index (κ3) is 3.37. The predicted octanol–water partition coefficient (Wildman–Crippen LogP) is 5.57. The number of fused-ring (bicyclic) bond motifs is 1. The van der Waals surface area contributed by atoms with Crippen molar-refractivity contribution in [3.8, 4) is 0 Å². The Balaban J connectivity index is 2.07. The highest BCUT2D eigenvalue weighted by Crippen LogP contribution is 2.54. The molecule has 1 nitrogen and oxygen atoms in total. The summed E-state index contributed by atoms with van der Waals surface area (Å²) < 4.78 is 0. The number of Topliss-reactive ketones (excluding diaryl/α,β-unsaturated/α-hetero) is 1. The molecule has 1 aromatic carbocycles. The fourth-order valence-electron chi connectivity index (χ4n) is 4.76. The molecule has 2 fully saturated rings. The molecule has 0 heterocycles. The topological polar surface area (TPSA) is 17.1 Å². The number of ketones is 1. The molecular weight excluding hydrogens is 296 g/mol. The first kappa shape index (κ1) is 16.7. The SMILES string of the molecule is C[Si](C)(C)/C=C1\CC[C@H]2CCCCC(=O)[C@@]12Cc1ccccc1. The Kier molecular flexibility index (Phi) is 4.64. The number of allylic oxidation sites excluding steroid dienone is 1. The lowest BCUT2D eigenvalue weighted by Gasteiger charge is -2.36.